The maximum Gasteiger partial charge on any atom is 0.264 e. The van der Waals surface area contributed by atoms with E-state index >= 15 is 0 Å². The Morgan fingerprint density at radius 1 is 1.14 bits per heavy atom. The molecule has 5 rings (SSSR count). The van der Waals surface area contributed by atoms with Crippen LogP contribution in [-0.4, -0.2) is 24.3 Å². The Bertz CT molecular complexity index is 1240. The molecule has 0 atom stereocenters. The van der Waals surface area contributed by atoms with Gasteiger partial charge in [-0.2, -0.15) is 0 Å². The van der Waals surface area contributed by atoms with Crippen molar-refractivity contribution in [1.29, 1.82) is 0 Å². The van der Waals surface area contributed by atoms with Gasteiger partial charge >= 0.3 is 0 Å². The van der Waals surface area contributed by atoms with Crippen molar-refractivity contribution in [3.8, 4) is 0 Å². The molecule has 7 heteroatoms. The Morgan fingerprint density at radius 2 is 1.93 bits per heavy atom. The molecule has 6 nitrogen and oxygen atoms in total. The van der Waals surface area contributed by atoms with E-state index in [9.17, 15) is 13.2 Å². The predicted octanol–water partition coefficient (Wildman–Crippen LogP) is 3.35. The molecule has 29 heavy (non-hydrogen) atoms. The Morgan fingerprint density at radius 3 is 2.66 bits per heavy atom. The molecule has 0 bridgehead atoms. The first-order chi connectivity index (χ1) is 13.9. The predicted molar refractivity (Wildman–Crippen MR) is 109 cm³/mol. The average molecular weight is 407 g/mol. The molecule has 0 spiro atoms. The van der Waals surface area contributed by atoms with Gasteiger partial charge in [0, 0.05) is 17.8 Å². The Kier molecular flexibility index (Phi) is 4.00. The molecule has 0 radical (unpaired) electrons. The molecule has 0 saturated heterocycles. The molecule has 0 unspecified atom stereocenters. The minimum atomic E-state index is -4.03. The Balaban J connectivity index is 1.50. The van der Waals surface area contributed by atoms with Crippen LogP contribution >= 0.6 is 0 Å². The number of pyridine rings is 2. The summed E-state index contributed by atoms with van der Waals surface area (Å²) >= 11 is 0. The zero-order valence-electron chi connectivity index (χ0n) is 16.1. The number of carbonyl (C=O) groups excluding carboxylic acids is 1. The number of nitrogens with zero attached hydrogens (tertiary/aromatic N) is 2. The maximum absolute atomic E-state index is 13.2. The highest BCUT2D eigenvalue weighted by atomic mass is 32.2. The highest BCUT2D eigenvalue weighted by Crippen LogP contribution is 2.53. The van der Waals surface area contributed by atoms with Gasteiger partial charge in [0.1, 0.15) is 0 Å². The summed E-state index contributed by atoms with van der Waals surface area (Å²) in [6.07, 6.45) is 6.79. The second kappa shape index (κ2) is 6.35. The van der Waals surface area contributed by atoms with Gasteiger partial charge < -0.3 is 0 Å². The van der Waals surface area contributed by atoms with Gasteiger partial charge in [0.25, 0.3) is 10.0 Å². The van der Waals surface area contributed by atoms with E-state index in [1.165, 1.54) is 6.07 Å². The van der Waals surface area contributed by atoms with Crippen LogP contribution in [0.1, 0.15) is 48.4 Å². The fraction of sp³-hybridized carbons (Fsp3) is 0.318. The SMILES string of the molecule is Cc1cnc(C2(C(=O)NS(=O)(=O)c3cccc4ncccc34)CC2)c(C2CC2)c1. The minimum absolute atomic E-state index is 0.0616. The van der Waals surface area contributed by atoms with Gasteiger partial charge in [0.2, 0.25) is 5.91 Å². The van der Waals surface area contributed by atoms with Crippen LogP contribution < -0.4 is 4.72 Å². The van der Waals surface area contributed by atoms with Crippen LogP contribution in [0.2, 0.25) is 0 Å². The summed E-state index contributed by atoms with van der Waals surface area (Å²) in [6, 6.07) is 10.4. The fourth-order valence-corrected chi connectivity index (χ4v) is 5.25. The second-order valence-corrected chi connectivity index (χ2v) is 9.72. The van der Waals surface area contributed by atoms with E-state index < -0.39 is 21.3 Å². The molecular formula is C22H21N3O3S. The molecular weight excluding hydrogens is 386 g/mol. The first-order valence-electron chi connectivity index (χ1n) is 9.79. The number of aromatic nitrogens is 2. The van der Waals surface area contributed by atoms with Crippen LogP contribution in [0.15, 0.2) is 53.7 Å². The number of hydrogen-bond acceptors (Lipinski definition) is 5. The molecule has 2 saturated carbocycles. The number of benzene rings is 1. The maximum atomic E-state index is 13.2. The fourth-order valence-electron chi connectivity index (χ4n) is 3.98. The molecule has 2 heterocycles. The second-order valence-electron chi connectivity index (χ2n) is 8.07. The minimum Gasteiger partial charge on any atom is -0.273 e. The monoisotopic (exact) mass is 407 g/mol. The van der Waals surface area contributed by atoms with Crippen molar-refractivity contribution in [2.75, 3.05) is 0 Å². The lowest BCUT2D eigenvalue weighted by molar-refractivity contribution is -0.121. The highest BCUT2D eigenvalue weighted by Gasteiger charge is 2.55. The topological polar surface area (TPSA) is 89.0 Å². The van der Waals surface area contributed by atoms with Crippen molar-refractivity contribution < 1.29 is 13.2 Å². The lowest BCUT2D eigenvalue weighted by Gasteiger charge is -2.19. The molecule has 0 aliphatic heterocycles. The van der Waals surface area contributed by atoms with Gasteiger partial charge in [-0.25, -0.2) is 13.1 Å². The average Bonchev–Trinajstić information content (AvgIpc) is 3.61. The molecule has 1 N–H and O–H groups in total. The molecule has 2 aromatic heterocycles. The number of nitrogens with one attached hydrogen (secondary N) is 1. The van der Waals surface area contributed by atoms with Crippen LogP contribution in [-0.2, 0) is 20.2 Å². The van der Waals surface area contributed by atoms with Gasteiger partial charge in [-0.1, -0.05) is 12.1 Å². The molecule has 3 aromatic rings. The third kappa shape index (κ3) is 3.09. The van der Waals surface area contributed by atoms with Crippen LogP contribution in [0.4, 0.5) is 0 Å². The van der Waals surface area contributed by atoms with Gasteiger partial charge in [-0.15, -0.1) is 0 Å². The van der Waals surface area contributed by atoms with Gasteiger partial charge in [-0.3, -0.25) is 14.8 Å². The van der Waals surface area contributed by atoms with E-state index in [-0.39, 0.29) is 4.90 Å². The molecule has 1 aromatic carbocycles. The number of rotatable bonds is 5. The third-order valence-electron chi connectivity index (χ3n) is 5.83. The summed E-state index contributed by atoms with van der Waals surface area (Å²) in [7, 11) is -4.03. The Labute approximate surface area is 169 Å². The van der Waals surface area contributed by atoms with Crippen molar-refractivity contribution in [3.63, 3.8) is 0 Å². The van der Waals surface area contributed by atoms with Crippen molar-refractivity contribution in [2.24, 2.45) is 0 Å². The summed E-state index contributed by atoms with van der Waals surface area (Å²) in [5, 5.41) is 0.493. The smallest absolute Gasteiger partial charge is 0.264 e. The quantitative estimate of drug-likeness (QED) is 0.701. The molecule has 1 amide bonds. The normalized spacial score (nSPS) is 17.8. The summed E-state index contributed by atoms with van der Waals surface area (Å²) in [5.74, 6) is -0.0555. The van der Waals surface area contributed by atoms with Crippen molar-refractivity contribution in [1.82, 2.24) is 14.7 Å². The number of hydrogen-bond donors (Lipinski definition) is 1. The van der Waals surface area contributed by atoms with E-state index in [0.29, 0.717) is 29.7 Å². The highest BCUT2D eigenvalue weighted by molar-refractivity contribution is 7.90. The summed E-state index contributed by atoms with van der Waals surface area (Å²) in [6.45, 7) is 1.99. The molecule has 148 valence electrons. The van der Waals surface area contributed by atoms with Crippen LogP contribution in [0, 0.1) is 6.92 Å². The van der Waals surface area contributed by atoms with Crippen LogP contribution in [0.3, 0.4) is 0 Å². The van der Waals surface area contributed by atoms with E-state index in [4.69, 9.17) is 0 Å². The largest absolute Gasteiger partial charge is 0.273 e. The standard InChI is InChI=1S/C22H21N3O3S/c1-14-12-17(15-7-8-15)20(24-13-14)22(9-10-22)21(26)25-29(27,28)19-6-2-5-18-16(19)4-3-11-23-18/h2-6,11-13,15H,7-10H2,1H3,(H,25,26). The number of carbonyl (C=O) groups is 1. The third-order valence-corrected chi connectivity index (χ3v) is 7.22. The number of fused-ring (bicyclic) bond motifs is 1. The lowest BCUT2D eigenvalue weighted by atomic mass is 9.93. The molecule has 2 aliphatic carbocycles. The zero-order valence-corrected chi connectivity index (χ0v) is 16.9. The number of sulfonamides is 1. The molecule has 2 fully saturated rings. The zero-order chi connectivity index (χ0) is 20.2. The first kappa shape index (κ1) is 18.2. The van der Waals surface area contributed by atoms with Gasteiger partial charge in [-0.05, 0) is 73.9 Å². The van der Waals surface area contributed by atoms with Crippen molar-refractivity contribution >= 4 is 26.8 Å². The number of amides is 1. The van der Waals surface area contributed by atoms with E-state index in [0.717, 1.165) is 29.7 Å². The number of aryl methyl sites for hydroxylation is 1. The molecule has 2 aliphatic rings. The van der Waals surface area contributed by atoms with Crippen molar-refractivity contribution in [3.05, 3.63) is 65.6 Å². The lowest BCUT2D eigenvalue weighted by Crippen LogP contribution is -2.39. The van der Waals surface area contributed by atoms with Crippen LogP contribution in [0.25, 0.3) is 10.9 Å². The summed E-state index contributed by atoms with van der Waals surface area (Å²) < 4.78 is 28.5. The van der Waals surface area contributed by atoms with E-state index in [2.05, 4.69) is 20.8 Å². The Hall–Kier alpha value is -2.80. The van der Waals surface area contributed by atoms with E-state index in [1.54, 1.807) is 36.7 Å². The summed E-state index contributed by atoms with van der Waals surface area (Å²) in [5.41, 5.74) is 2.63. The van der Waals surface area contributed by atoms with Gasteiger partial charge in [0.05, 0.1) is 21.5 Å². The van der Waals surface area contributed by atoms with Gasteiger partial charge in [0.15, 0.2) is 0 Å². The van der Waals surface area contributed by atoms with Crippen LogP contribution in [0.5, 0.6) is 0 Å². The first-order valence-corrected chi connectivity index (χ1v) is 11.3. The van der Waals surface area contributed by atoms with Crippen molar-refractivity contribution in [2.45, 2.75) is 48.8 Å². The summed E-state index contributed by atoms with van der Waals surface area (Å²) in [4.78, 5) is 22.0. The van der Waals surface area contributed by atoms with E-state index in [1.807, 2.05) is 6.92 Å².